The molecule has 1 saturated heterocycles. The van der Waals surface area contributed by atoms with Gasteiger partial charge < -0.3 is 4.90 Å². The maximum Gasteiger partial charge on any atom is 0.242 e. The van der Waals surface area contributed by atoms with Crippen LogP contribution < -0.4 is 0 Å². The summed E-state index contributed by atoms with van der Waals surface area (Å²) >= 11 is 0. The lowest BCUT2D eigenvalue weighted by Gasteiger charge is -2.44. The molecule has 1 rings (SSSR count). The maximum atomic E-state index is 12.2. The van der Waals surface area contributed by atoms with Gasteiger partial charge in [0, 0.05) is 19.6 Å². The highest BCUT2D eigenvalue weighted by molar-refractivity contribution is 5.86. The molecule has 1 heterocycles. The van der Waals surface area contributed by atoms with Crippen LogP contribution in [0.3, 0.4) is 0 Å². The number of rotatable bonds is 1. The molecule has 1 fully saturated rings. The van der Waals surface area contributed by atoms with E-state index < -0.39 is 0 Å². The first kappa shape index (κ1) is 12.5. The first-order chi connectivity index (χ1) is 6.69. The standard InChI is InChI=1S/C12H24N2O/c1-11(2,3)14-9-7-8-12(14,4)10(15)13(5)6/h7-9H2,1-6H3. The summed E-state index contributed by atoms with van der Waals surface area (Å²) in [7, 11) is 3.68. The summed E-state index contributed by atoms with van der Waals surface area (Å²) in [6.45, 7) is 9.64. The highest BCUT2D eigenvalue weighted by atomic mass is 16.2. The first-order valence-electron chi connectivity index (χ1n) is 5.69. The molecular weight excluding hydrogens is 188 g/mol. The van der Waals surface area contributed by atoms with Gasteiger partial charge in [0.05, 0.1) is 5.54 Å². The Kier molecular flexibility index (Phi) is 3.15. The van der Waals surface area contributed by atoms with Crippen molar-refractivity contribution in [2.45, 2.75) is 51.6 Å². The molecule has 0 bridgehead atoms. The van der Waals surface area contributed by atoms with Gasteiger partial charge in [-0.2, -0.15) is 0 Å². The van der Waals surface area contributed by atoms with Crippen molar-refractivity contribution in [3.8, 4) is 0 Å². The fourth-order valence-corrected chi connectivity index (χ4v) is 2.74. The van der Waals surface area contributed by atoms with Crippen LogP contribution >= 0.6 is 0 Å². The lowest BCUT2D eigenvalue weighted by Crippen LogP contribution is -2.58. The highest BCUT2D eigenvalue weighted by Crippen LogP contribution is 2.36. The SMILES string of the molecule is CN(C)C(=O)C1(C)CCCN1C(C)(C)C. The molecule has 0 spiro atoms. The fraction of sp³-hybridized carbons (Fsp3) is 0.917. The smallest absolute Gasteiger partial charge is 0.242 e. The Hall–Kier alpha value is -0.570. The Bertz CT molecular complexity index is 255. The van der Waals surface area contributed by atoms with Crippen molar-refractivity contribution in [1.29, 1.82) is 0 Å². The summed E-state index contributed by atoms with van der Waals surface area (Å²) < 4.78 is 0. The second-order valence-electron chi connectivity index (χ2n) is 5.90. The normalized spacial score (nSPS) is 28.1. The van der Waals surface area contributed by atoms with Gasteiger partial charge in [0.1, 0.15) is 0 Å². The predicted octanol–water partition coefficient (Wildman–Crippen LogP) is 1.73. The van der Waals surface area contributed by atoms with Gasteiger partial charge in [-0.3, -0.25) is 9.69 Å². The molecular formula is C12H24N2O. The Morgan fingerprint density at radius 3 is 2.27 bits per heavy atom. The van der Waals surface area contributed by atoms with E-state index in [-0.39, 0.29) is 17.0 Å². The molecule has 1 atom stereocenters. The van der Waals surface area contributed by atoms with E-state index in [4.69, 9.17) is 0 Å². The van der Waals surface area contributed by atoms with Gasteiger partial charge >= 0.3 is 0 Å². The average molecular weight is 212 g/mol. The van der Waals surface area contributed by atoms with Crippen molar-refractivity contribution in [2.24, 2.45) is 0 Å². The zero-order chi connectivity index (χ0) is 11.9. The van der Waals surface area contributed by atoms with Gasteiger partial charge in [-0.05, 0) is 47.1 Å². The number of likely N-dealkylation sites (tertiary alicyclic amines) is 1. The quantitative estimate of drug-likeness (QED) is 0.661. The molecule has 88 valence electrons. The molecule has 0 aromatic rings. The van der Waals surface area contributed by atoms with Crippen LogP contribution in [0.5, 0.6) is 0 Å². The van der Waals surface area contributed by atoms with E-state index in [1.165, 1.54) is 0 Å². The van der Waals surface area contributed by atoms with Crippen molar-refractivity contribution < 1.29 is 4.79 Å². The second-order valence-corrected chi connectivity index (χ2v) is 5.90. The van der Waals surface area contributed by atoms with E-state index in [1.54, 1.807) is 4.90 Å². The summed E-state index contributed by atoms with van der Waals surface area (Å²) in [5, 5.41) is 0. The molecule has 0 aromatic heterocycles. The van der Waals surface area contributed by atoms with Crippen LogP contribution in [0.1, 0.15) is 40.5 Å². The zero-order valence-electron chi connectivity index (χ0n) is 10.9. The predicted molar refractivity (Wildman–Crippen MR) is 62.8 cm³/mol. The number of hydrogen-bond acceptors (Lipinski definition) is 2. The van der Waals surface area contributed by atoms with Crippen molar-refractivity contribution in [2.75, 3.05) is 20.6 Å². The van der Waals surface area contributed by atoms with Crippen LogP contribution in [-0.4, -0.2) is 47.4 Å². The summed E-state index contributed by atoms with van der Waals surface area (Å²) in [6.07, 6.45) is 2.09. The number of likely N-dealkylation sites (N-methyl/N-ethyl adjacent to an activating group) is 1. The minimum absolute atomic E-state index is 0.0664. The molecule has 1 amide bonds. The average Bonchev–Trinajstić information content (AvgIpc) is 2.46. The Balaban J connectivity index is 2.96. The van der Waals surface area contributed by atoms with E-state index in [2.05, 4.69) is 32.6 Å². The molecule has 1 unspecified atom stereocenters. The summed E-state index contributed by atoms with van der Waals surface area (Å²) in [6, 6.07) is 0. The van der Waals surface area contributed by atoms with Crippen LogP contribution in [-0.2, 0) is 4.79 Å². The number of carbonyl (C=O) groups excluding carboxylic acids is 1. The van der Waals surface area contributed by atoms with E-state index in [9.17, 15) is 4.79 Å². The summed E-state index contributed by atoms with van der Waals surface area (Å²) in [5.74, 6) is 0.231. The monoisotopic (exact) mass is 212 g/mol. The fourth-order valence-electron chi connectivity index (χ4n) is 2.74. The largest absolute Gasteiger partial charge is 0.347 e. The van der Waals surface area contributed by atoms with Crippen molar-refractivity contribution in [3.05, 3.63) is 0 Å². The molecule has 1 aliphatic heterocycles. The van der Waals surface area contributed by atoms with Crippen LogP contribution in [0.15, 0.2) is 0 Å². The lowest BCUT2D eigenvalue weighted by molar-refractivity contribution is -0.142. The molecule has 0 aliphatic carbocycles. The third kappa shape index (κ3) is 2.17. The van der Waals surface area contributed by atoms with Gasteiger partial charge in [-0.1, -0.05) is 0 Å². The Morgan fingerprint density at radius 1 is 1.33 bits per heavy atom. The summed E-state index contributed by atoms with van der Waals surface area (Å²) in [5.41, 5.74) is -0.237. The number of carbonyl (C=O) groups is 1. The van der Waals surface area contributed by atoms with Gasteiger partial charge in [-0.25, -0.2) is 0 Å². The lowest BCUT2D eigenvalue weighted by atomic mass is 9.92. The third-order valence-electron chi connectivity index (χ3n) is 3.32. The van der Waals surface area contributed by atoms with E-state index in [0.717, 1.165) is 19.4 Å². The van der Waals surface area contributed by atoms with Crippen LogP contribution in [0.25, 0.3) is 0 Å². The number of amides is 1. The van der Waals surface area contributed by atoms with E-state index in [0.29, 0.717) is 0 Å². The van der Waals surface area contributed by atoms with Gasteiger partial charge in [0.25, 0.3) is 0 Å². The minimum Gasteiger partial charge on any atom is -0.347 e. The Labute approximate surface area is 93.4 Å². The zero-order valence-corrected chi connectivity index (χ0v) is 10.9. The van der Waals surface area contributed by atoms with Gasteiger partial charge in [0.15, 0.2) is 0 Å². The first-order valence-corrected chi connectivity index (χ1v) is 5.69. The van der Waals surface area contributed by atoms with Gasteiger partial charge in [0.2, 0.25) is 5.91 Å². The molecule has 15 heavy (non-hydrogen) atoms. The van der Waals surface area contributed by atoms with Gasteiger partial charge in [-0.15, -0.1) is 0 Å². The second kappa shape index (κ2) is 3.78. The third-order valence-corrected chi connectivity index (χ3v) is 3.32. The highest BCUT2D eigenvalue weighted by Gasteiger charge is 2.47. The van der Waals surface area contributed by atoms with E-state index >= 15 is 0 Å². The van der Waals surface area contributed by atoms with Crippen LogP contribution in [0.4, 0.5) is 0 Å². The maximum absolute atomic E-state index is 12.2. The molecule has 3 heteroatoms. The van der Waals surface area contributed by atoms with Crippen LogP contribution in [0, 0.1) is 0 Å². The molecule has 1 aliphatic rings. The molecule has 3 nitrogen and oxygen atoms in total. The Morgan fingerprint density at radius 2 is 1.87 bits per heavy atom. The topological polar surface area (TPSA) is 23.6 Å². The van der Waals surface area contributed by atoms with Crippen molar-refractivity contribution in [3.63, 3.8) is 0 Å². The summed E-state index contributed by atoms with van der Waals surface area (Å²) in [4.78, 5) is 16.3. The molecule has 0 aromatic carbocycles. The van der Waals surface area contributed by atoms with Crippen molar-refractivity contribution in [1.82, 2.24) is 9.80 Å². The van der Waals surface area contributed by atoms with E-state index in [1.807, 2.05) is 14.1 Å². The molecule has 0 saturated carbocycles. The molecule has 0 radical (unpaired) electrons. The number of nitrogens with zero attached hydrogens (tertiary/aromatic N) is 2. The number of hydrogen-bond donors (Lipinski definition) is 0. The minimum atomic E-state index is -0.304. The molecule has 0 N–H and O–H groups in total. The van der Waals surface area contributed by atoms with Crippen molar-refractivity contribution >= 4 is 5.91 Å². The van der Waals surface area contributed by atoms with Crippen LogP contribution in [0.2, 0.25) is 0 Å².